The molecule has 1 aliphatic heterocycles. The highest BCUT2D eigenvalue weighted by molar-refractivity contribution is 5.77. The van der Waals surface area contributed by atoms with Gasteiger partial charge in [-0.05, 0) is 70.1 Å². The molecule has 1 amide bonds. The molecule has 31 heavy (non-hydrogen) atoms. The van der Waals surface area contributed by atoms with Crippen molar-refractivity contribution in [2.75, 3.05) is 26.3 Å². The number of likely N-dealkylation sites (tertiary alicyclic amines) is 1. The van der Waals surface area contributed by atoms with Gasteiger partial charge in [0.1, 0.15) is 6.61 Å². The van der Waals surface area contributed by atoms with Crippen LogP contribution in [0.5, 0.6) is 0 Å². The summed E-state index contributed by atoms with van der Waals surface area (Å²) in [4.78, 5) is 14.1. The molecule has 5 heteroatoms. The zero-order valence-corrected chi connectivity index (χ0v) is 19.6. The molecule has 2 fully saturated rings. The van der Waals surface area contributed by atoms with Crippen LogP contribution < -0.4 is 0 Å². The van der Waals surface area contributed by atoms with Crippen LogP contribution in [0.1, 0.15) is 78.1 Å². The first kappa shape index (κ1) is 24.5. The Kier molecular flexibility index (Phi) is 9.18. The molecule has 2 aliphatic carbocycles. The summed E-state index contributed by atoms with van der Waals surface area (Å²) in [5.41, 5.74) is 0.748. The van der Waals surface area contributed by atoms with Gasteiger partial charge in [0.05, 0.1) is 18.3 Å². The second-order valence-electron chi connectivity index (χ2n) is 10.2. The highest BCUT2D eigenvalue weighted by atomic mass is 16.5. The number of piperidine rings is 1. The van der Waals surface area contributed by atoms with E-state index in [2.05, 4.69) is 25.2 Å². The van der Waals surface area contributed by atoms with E-state index in [1.807, 2.05) is 11.8 Å². The number of aliphatic hydroxyl groups is 2. The highest BCUT2D eigenvalue weighted by Crippen LogP contribution is 2.48. The van der Waals surface area contributed by atoms with E-state index in [0.29, 0.717) is 24.9 Å². The normalized spacial score (nSPS) is 30.5. The van der Waals surface area contributed by atoms with E-state index < -0.39 is 5.60 Å². The predicted molar refractivity (Wildman–Crippen MR) is 124 cm³/mol. The molecule has 0 spiro atoms. The summed E-state index contributed by atoms with van der Waals surface area (Å²) in [6, 6.07) is 0. The molecule has 2 N–H and O–H groups in total. The molecular weight excluding hydrogens is 390 g/mol. The third-order valence-corrected chi connectivity index (χ3v) is 7.44. The lowest BCUT2D eigenvalue weighted by Crippen LogP contribution is -2.38. The number of aliphatic hydroxyl groups excluding tert-OH is 1. The third-order valence-electron chi connectivity index (χ3n) is 7.44. The zero-order chi connectivity index (χ0) is 22.3. The fourth-order valence-corrected chi connectivity index (χ4v) is 5.53. The Morgan fingerprint density at radius 2 is 2.10 bits per heavy atom. The van der Waals surface area contributed by atoms with Crippen molar-refractivity contribution < 1.29 is 19.7 Å². The lowest BCUT2D eigenvalue weighted by molar-refractivity contribution is -0.137. The number of hydrogen-bond acceptors (Lipinski definition) is 4. The van der Waals surface area contributed by atoms with Gasteiger partial charge in [-0.2, -0.15) is 0 Å². The number of fused-ring (bicyclic) bond motifs is 1. The van der Waals surface area contributed by atoms with Gasteiger partial charge in [-0.3, -0.25) is 4.79 Å². The first-order valence-electron chi connectivity index (χ1n) is 12.5. The van der Waals surface area contributed by atoms with E-state index in [9.17, 15) is 15.0 Å². The minimum atomic E-state index is -0.655. The minimum absolute atomic E-state index is 0.125. The Morgan fingerprint density at radius 3 is 2.84 bits per heavy atom. The van der Waals surface area contributed by atoms with Gasteiger partial charge in [-0.15, -0.1) is 0 Å². The van der Waals surface area contributed by atoms with Crippen LogP contribution in [0.15, 0.2) is 23.8 Å². The van der Waals surface area contributed by atoms with Crippen molar-refractivity contribution in [2.45, 2.75) is 89.8 Å². The van der Waals surface area contributed by atoms with E-state index in [0.717, 1.165) is 64.5 Å². The maximum Gasteiger partial charge on any atom is 0.248 e. The SMILES string of the molecule is CCCC[C@](C)(O)CC=C[C@@H]1[C@H]2CC(CCOCC(=O)N3CCCCC3)=C[C@H]2C[C@H]1O. The average molecular weight is 434 g/mol. The molecule has 0 aromatic carbocycles. The summed E-state index contributed by atoms with van der Waals surface area (Å²) in [5, 5.41) is 21.0. The van der Waals surface area contributed by atoms with Crippen molar-refractivity contribution >= 4 is 5.91 Å². The Balaban J connectivity index is 1.39. The van der Waals surface area contributed by atoms with Crippen LogP contribution in [-0.2, 0) is 9.53 Å². The van der Waals surface area contributed by atoms with Crippen LogP contribution in [0.3, 0.4) is 0 Å². The van der Waals surface area contributed by atoms with Gasteiger partial charge >= 0.3 is 0 Å². The fraction of sp³-hybridized carbons (Fsp3) is 0.808. The molecule has 3 rings (SSSR count). The molecule has 1 heterocycles. The standard InChI is InChI=1S/C26H43NO4/c1-3-4-11-26(2,30)12-8-9-22-23-17-20(16-21(23)18-24(22)28)10-15-31-19-25(29)27-13-6-5-7-14-27/h8-9,16,21-24,28,30H,3-7,10-15,17-19H2,1-2H3/t21-,22+,23-,24+,26-/m0/s1. The van der Waals surface area contributed by atoms with Crippen LogP contribution in [0.25, 0.3) is 0 Å². The number of carbonyl (C=O) groups excluding carboxylic acids is 1. The molecule has 0 aromatic rings. The number of rotatable bonds is 11. The van der Waals surface area contributed by atoms with Gasteiger partial charge in [-0.25, -0.2) is 0 Å². The van der Waals surface area contributed by atoms with Crippen LogP contribution in [0, 0.1) is 17.8 Å². The second-order valence-corrected chi connectivity index (χ2v) is 10.2. The van der Waals surface area contributed by atoms with E-state index in [-0.39, 0.29) is 24.5 Å². The first-order valence-corrected chi connectivity index (χ1v) is 12.5. The van der Waals surface area contributed by atoms with Crippen LogP contribution >= 0.6 is 0 Å². The smallest absolute Gasteiger partial charge is 0.248 e. The molecule has 1 saturated heterocycles. The summed E-state index contributed by atoms with van der Waals surface area (Å²) in [7, 11) is 0. The number of ether oxygens (including phenoxy) is 1. The molecule has 3 aliphatic rings. The van der Waals surface area contributed by atoms with Crippen molar-refractivity contribution in [1.82, 2.24) is 4.90 Å². The molecular formula is C26H43NO4. The number of hydrogen-bond donors (Lipinski definition) is 2. The lowest BCUT2D eigenvalue weighted by atomic mass is 9.88. The van der Waals surface area contributed by atoms with Gasteiger partial charge in [0.25, 0.3) is 0 Å². The molecule has 0 bridgehead atoms. The average Bonchev–Trinajstić information content (AvgIpc) is 3.27. The zero-order valence-electron chi connectivity index (χ0n) is 19.6. The van der Waals surface area contributed by atoms with Gasteiger partial charge < -0.3 is 19.8 Å². The molecule has 176 valence electrons. The minimum Gasteiger partial charge on any atom is -0.392 e. The van der Waals surface area contributed by atoms with Crippen LogP contribution in [0.4, 0.5) is 0 Å². The number of nitrogens with zero attached hydrogens (tertiary/aromatic N) is 1. The van der Waals surface area contributed by atoms with Crippen LogP contribution in [-0.4, -0.2) is 59.0 Å². The molecule has 0 aromatic heterocycles. The summed E-state index contributed by atoms with van der Waals surface area (Å²) in [5.74, 6) is 1.19. The van der Waals surface area contributed by atoms with Crippen molar-refractivity contribution in [3.63, 3.8) is 0 Å². The van der Waals surface area contributed by atoms with Crippen molar-refractivity contribution in [2.24, 2.45) is 17.8 Å². The van der Waals surface area contributed by atoms with Crippen molar-refractivity contribution in [1.29, 1.82) is 0 Å². The second kappa shape index (κ2) is 11.6. The number of unbranched alkanes of at least 4 members (excludes halogenated alkanes) is 1. The van der Waals surface area contributed by atoms with Gasteiger partial charge in [-0.1, -0.05) is 43.6 Å². The summed E-state index contributed by atoms with van der Waals surface area (Å²) < 4.78 is 5.69. The van der Waals surface area contributed by atoms with Gasteiger partial charge in [0.15, 0.2) is 0 Å². The molecule has 5 nitrogen and oxygen atoms in total. The van der Waals surface area contributed by atoms with Gasteiger partial charge in [0, 0.05) is 19.0 Å². The Labute approximate surface area is 188 Å². The maximum atomic E-state index is 12.2. The van der Waals surface area contributed by atoms with E-state index in [1.54, 1.807) is 0 Å². The van der Waals surface area contributed by atoms with Gasteiger partial charge in [0.2, 0.25) is 5.91 Å². The largest absolute Gasteiger partial charge is 0.392 e. The van der Waals surface area contributed by atoms with E-state index >= 15 is 0 Å². The topological polar surface area (TPSA) is 70.0 Å². The summed E-state index contributed by atoms with van der Waals surface area (Å²) in [6.45, 7) is 6.59. The number of amides is 1. The summed E-state index contributed by atoms with van der Waals surface area (Å²) >= 11 is 0. The highest BCUT2D eigenvalue weighted by Gasteiger charge is 2.43. The number of carbonyl (C=O) groups is 1. The first-order chi connectivity index (χ1) is 14.9. The molecule has 5 atom stereocenters. The van der Waals surface area contributed by atoms with Crippen molar-refractivity contribution in [3.05, 3.63) is 23.8 Å². The number of allylic oxidation sites excluding steroid dienone is 1. The molecule has 0 radical (unpaired) electrons. The lowest BCUT2D eigenvalue weighted by Gasteiger charge is -2.26. The monoisotopic (exact) mass is 433 g/mol. The quantitative estimate of drug-likeness (QED) is 0.378. The molecule has 1 saturated carbocycles. The maximum absolute atomic E-state index is 12.2. The van der Waals surface area contributed by atoms with E-state index in [4.69, 9.17) is 4.74 Å². The Morgan fingerprint density at radius 1 is 1.32 bits per heavy atom. The van der Waals surface area contributed by atoms with E-state index in [1.165, 1.54) is 12.0 Å². The predicted octanol–water partition coefficient (Wildman–Crippen LogP) is 4.24. The summed E-state index contributed by atoms with van der Waals surface area (Å²) in [6.07, 6.45) is 16.0. The molecule has 0 unspecified atom stereocenters. The Hall–Kier alpha value is -1.17. The fourth-order valence-electron chi connectivity index (χ4n) is 5.53. The van der Waals surface area contributed by atoms with Crippen LogP contribution in [0.2, 0.25) is 0 Å². The third kappa shape index (κ3) is 7.16. The Bertz CT molecular complexity index is 635. The van der Waals surface area contributed by atoms with Crippen molar-refractivity contribution in [3.8, 4) is 0 Å².